The van der Waals surface area contributed by atoms with Gasteiger partial charge in [-0.3, -0.25) is 4.90 Å². The van der Waals surface area contributed by atoms with Crippen LogP contribution in [-0.4, -0.2) is 37.7 Å². The van der Waals surface area contributed by atoms with Gasteiger partial charge in [0.15, 0.2) is 0 Å². The maximum atomic E-state index is 5.67. The van der Waals surface area contributed by atoms with E-state index in [-0.39, 0.29) is 0 Å². The molecule has 2 rings (SSSR count). The van der Waals surface area contributed by atoms with Crippen molar-refractivity contribution < 1.29 is 4.74 Å². The third-order valence-electron chi connectivity index (χ3n) is 2.98. The highest BCUT2D eigenvalue weighted by Crippen LogP contribution is 2.13. The summed E-state index contributed by atoms with van der Waals surface area (Å²) in [6, 6.07) is 8.24. The van der Waals surface area contributed by atoms with Crippen LogP contribution in [0, 0.1) is 0 Å². The van der Waals surface area contributed by atoms with Crippen LogP contribution in [-0.2, 0) is 6.42 Å². The molecule has 1 fully saturated rings. The normalized spacial score (nSPS) is 15.8. The lowest BCUT2D eigenvalue weighted by atomic mass is 10.1. The summed E-state index contributed by atoms with van der Waals surface area (Å²) in [5.41, 5.74) is 6.77. The average Bonchev–Trinajstić information content (AvgIpc) is 2.24. The SMILES string of the molecule is NCCc1ccc(OCCN2CCC2)cc1. The molecule has 1 saturated heterocycles. The summed E-state index contributed by atoms with van der Waals surface area (Å²) in [4.78, 5) is 2.41. The molecule has 0 spiro atoms. The van der Waals surface area contributed by atoms with Crippen molar-refractivity contribution in [2.24, 2.45) is 5.73 Å². The summed E-state index contributed by atoms with van der Waals surface area (Å²) in [7, 11) is 0. The smallest absolute Gasteiger partial charge is 0.119 e. The second kappa shape index (κ2) is 5.87. The van der Waals surface area contributed by atoms with E-state index in [1.807, 2.05) is 12.1 Å². The number of rotatable bonds is 6. The van der Waals surface area contributed by atoms with Crippen LogP contribution in [0.4, 0.5) is 0 Å². The summed E-state index contributed by atoms with van der Waals surface area (Å²) in [6.07, 6.45) is 2.28. The van der Waals surface area contributed by atoms with Crippen molar-refractivity contribution in [1.82, 2.24) is 4.90 Å². The van der Waals surface area contributed by atoms with Crippen molar-refractivity contribution in [3.8, 4) is 5.75 Å². The van der Waals surface area contributed by atoms with E-state index >= 15 is 0 Å². The third-order valence-corrected chi connectivity index (χ3v) is 2.98. The van der Waals surface area contributed by atoms with Gasteiger partial charge < -0.3 is 10.5 Å². The van der Waals surface area contributed by atoms with E-state index in [4.69, 9.17) is 10.5 Å². The summed E-state index contributed by atoms with van der Waals surface area (Å²) in [6.45, 7) is 5.01. The molecule has 0 aliphatic carbocycles. The van der Waals surface area contributed by atoms with Gasteiger partial charge in [-0.2, -0.15) is 0 Å². The Morgan fingerprint density at radius 2 is 1.94 bits per heavy atom. The van der Waals surface area contributed by atoms with Gasteiger partial charge in [0, 0.05) is 6.54 Å². The molecule has 88 valence electrons. The van der Waals surface area contributed by atoms with E-state index < -0.39 is 0 Å². The van der Waals surface area contributed by atoms with Gasteiger partial charge in [-0.05, 0) is 50.2 Å². The maximum Gasteiger partial charge on any atom is 0.119 e. The zero-order valence-electron chi connectivity index (χ0n) is 9.69. The Labute approximate surface area is 97.2 Å². The van der Waals surface area contributed by atoms with E-state index in [1.54, 1.807) is 0 Å². The molecule has 1 heterocycles. The van der Waals surface area contributed by atoms with Crippen LogP contribution in [0.2, 0.25) is 0 Å². The molecule has 2 N–H and O–H groups in total. The van der Waals surface area contributed by atoms with Gasteiger partial charge in [0.25, 0.3) is 0 Å². The minimum Gasteiger partial charge on any atom is -0.492 e. The largest absolute Gasteiger partial charge is 0.492 e. The van der Waals surface area contributed by atoms with E-state index in [1.165, 1.54) is 25.1 Å². The van der Waals surface area contributed by atoms with Gasteiger partial charge in [0.1, 0.15) is 12.4 Å². The fraction of sp³-hybridized carbons (Fsp3) is 0.538. The topological polar surface area (TPSA) is 38.5 Å². The van der Waals surface area contributed by atoms with Crippen LogP contribution in [0.3, 0.4) is 0 Å². The van der Waals surface area contributed by atoms with Crippen molar-refractivity contribution in [2.75, 3.05) is 32.8 Å². The lowest BCUT2D eigenvalue weighted by Crippen LogP contribution is -2.39. The summed E-state index contributed by atoms with van der Waals surface area (Å²) < 4.78 is 5.67. The van der Waals surface area contributed by atoms with Crippen molar-refractivity contribution in [3.63, 3.8) is 0 Å². The summed E-state index contributed by atoms with van der Waals surface area (Å²) in [5.74, 6) is 0.960. The zero-order valence-corrected chi connectivity index (χ0v) is 9.69. The van der Waals surface area contributed by atoms with E-state index in [9.17, 15) is 0 Å². The van der Waals surface area contributed by atoms with E-state index in [0.29, 0.717) is 6.54 Å². The second-order valence-electron chi connectivity index (χ2n) is 4.23. The fourth-order valence-electron chi connectivity index (χ4n) is 1.82. The summed E-state index contributed by atoms with van der Waals surface area (Å²) in [5, 5.41) is 0. The Hall–Kier alpha value is -1.06. The fourth-order valence-corrected chi connectivity index (χ4v) is 1.82. The van der Waals surface area contributed by atoms with Crippen LogP contribution in [0.5, 0.6) is 5.75 Å². The highest BCUT2D eigenvalue weighted by Gasteiger charge is 2.12. The molecule has 0 saturated carbocycles. The van der Waals surface area contributed by atoms with Crippen LogP contribution in [0.15, 0.2) is 24.3 Å². The number of nitrogens with zero attached hydrogens (tertiary/aromatic N) is 1. The van der Waals surface area contributed by atoms with Crippen LogP contribution >= 0.6 is 0 Å². The zero-order chi connectivity index (χ0) is 11.2. The van der Waals surface area contributed by atoms with Gasteiger partial charge >= 0.3 is 0 Å². The first kappa shape index (κ1) is 11.4. The number of ether oxygens (including phenoxy) is 1. The monoisotopic (exact) mass is 220 g/mol. The minimum absolute atomic E-state index is 0.704. The van der Waals surface area contributed by atoms with Gasteiger partial charge in [-0.25, -0.2) is 0 Å². The van der Waals surface area contributed by atoms with Crippen LogP contribution in [0.25, 0.3) is 0 Å². The van der Waals surface area contributed by atoms with Crippen molar-refractivity contribution in [1.29, 1.82) is 0 Å². The molecule has 1 aliphatic heterocycles. The summed E-state index contributed by atoms with van der Waals surface area (Å²) >= 11 is 0. The quantitative estimate of drug-likeness (QED) is 0.784. The highest BCUT2D eigenvalue weighted by molar-refractivity contribution is 5.27. The molecule has 0 atom stereocenters. The number of benzene rings is 1. The number of hydrogen-bond donors (Lipinski definition) is 1. The van der Waals surface area contributed by atoms with Crippen LogP contribution in [0.1, 0.15) is 12.0 Å². The molecule has 3 nitrogen and oxygen atoms in total. The Morgan fingerprint density at radius 1 is 1.19 bits per heavy atom. The van der Waals surface area contributed by atoms with E-state index in [0.717, 1.165) is 25.3 Å². The van der Waals surface area contributed by atoms with Crippen molar-refractivity contribution in [2.45, 2.75) is 12.8 Å². The molecule has 0 radical (unpaired) electrons. The molecule has 1 aliphatic rings. The Morgan fingerprint density at radius 3 is 2.50 bits per heavy atom. The van der Waals surface area contributed by atoms with Crippen LogP contribution < -0.4 is 10.5 Å². The number of hydrogen-bond acceptors (Lipinski definition) is 3. The molecule has 0 aromatic heterocycles. The van der Waals surface area contributed by atoms with Gasteiger partial charge in [-0.15, -0.1) is 0 Å². The third kappa shape index (κ3) is 3.22. The first-order chi connectivity index (χ1) is 7.88. The predicted octanol–water partition coefficient (Wildman–Crippen LogP) is 1.27. The van der Waals surface area contributed by atoms with E-state index in [2.05, 4.69) is 17.0 Å². The Balaban J connectivity index is 1.71. The molecular formula is C13H20N2O. The Bertz CT molecular complexity index is 306. The molecule has 0 amide bonds. The second-order valence-corrected chi connectivity index (χ2v) is 4.23. The standard InChI is InChI=1S/C13H20N2O/c14-7-6-12-2-4-13(5-3-12)16-11-10-15-8-1-9-15/h2-5H,1,6-11,14H2. The number of nitrogens with two attached hydrogens (primary N) is 1. The lowest BCUT2D eigenvalue weighted by molar-refractivity contribution is 0.147. The van der Waals surface area contributed by atoms with Gasteiger partial charge in [0.05, 0.1) is 0 Å². The molecule has 3 heteroatoms. The first-order valence-electron chi connectivity index (χ1n) is 6.02. The van der Waals surface area contributed by atoms with Crippen molar-refractivity contribution in [3.05, 3.63) is 29.8 Å². The highest BCUT2D eigenvalue weighted by atomic mass is 16.5. The molecule has 0 bridgehead atoms. The minimum atomic E-state index is 0.704. The van der Waals surface area contributed by atoms with Gasteiger partial charge in [0.2, 0.25) is 0 Å². The molecule has 1 aromatic rings. The van der Waals surface area contributed by atoms with Crippen molar-refractivity contribution >= 4 is 0 Å². The lowest BCUT2D eigenvalue weighted by Gasteiger charge is -2.30. The predicted molar refractivity (Wildman–Crippen MR) is 65.8 cm³/mol. The molecule has 1 aromatic carbocycles. The number of likely N-dealkylation sites (tertiary alicyclic amines) is 1. The Kier molecular flexibility index (Phi) is 4.19. The average molecular weight is 220 g/mol. The molecular weight excluding hydrogens is 200 g/mol. The van der Waals surface area contributed by atoms with Gasteiger partial charge in [-0.1, -0.05) is 12.1 Å². The molecule has 16 heavy (non-hydrogen) atoms. The maximum absolute atomic E-state index is 5.67. The molecule has 0 unspecified atom stereocenters. The first-order valence-corrected chi connectivity index (χ1v) is 6.02.